The summed E-state index contributed by atoms with van der Waals surface area (Å²) in [7, 11) is 0. The maximum Gasteiger partial charge on any atom is 0.263 e. The van der Waals surface area contributed by atoms with Crippen molar-refractivity contribution in [1.29, 1.82) is 5.26 Å². The molecule has 0 radical (unpaired) electrons. The van der Waals surface area contributed by atoms with Gasteiger partial charge in [-0.25, -0.2) is 4.39 Å². The van der Waals surface area contributed by atoms with Crippen molar-refractivity contribution >= 4 is 23.2 Å². The Morgan fingerprint density at radius 2 is 1.82 bits per heavy atom. The lowest BCUT2D eigenvalue weighted by Crippen LogP contribution is -2.44. The minimum atomic E-state index is -0.445. The van der Waals surface area contributed by atoms with E-state index in [1.54, 1.807) is 24.4 Å². The van der Waals surface area contributed by atoms with E-state index in [0.29, 0.717) is 36.9 Å². The van der Waals surface area contributed by atoms with Crippen molar-refractivity contribution in [1.82, 2.24) is 10.2 Å². The van der Waals surface area contributed by atoms with Crippen LogP contribution < -0.4 is 10.2 Å². The van der Waals surface area contributed by atoms with Crippen LogP contribution in [0.2, 0.25) is 5.02 Å². The van der Waals surface area contributed by atoms with Gasteiger partial charge in [0.05, 0.1) is 5.69 Å². The maximum atomic E-state index is 13.9. The van der Waals surface area contributed by atoms with Crippen LogP contribution in [0.3, 0.4) is 0 Å². The minimum Gasteiger partial charge on any atom is -0.373 e. The molecular formula is C21H20ClFN4O. The molecule has 0 saturated carbocycles. The smallest absolute Gasteiger partial charge is 0.263 e. The number of anilines is 1. The molecule has 0 unspecified atom stereocenters. The van der Waals surface area contributed by atoms with Crippen LogP contribution in [0.15, 0.2) is 60.3 Å². The van der Waals surface area contributed by atoms with Gasteiger partial charge in [-0.3, -0.25) is 4.79 Å². The van der Waals surface area contributed by atoms with Crippen molar-refractivity contribution in [2.24, 2.45) is 0 Å². The predicted molar refractivity (Wildman–Crippen MR) is 107 cm³/mol. The molecule has 1 aliphatic rings. The number of nitrogens with zero attached hydrogens (tertiary/aromatic N) is 3. The Morgan fingerprint density at radius 1 is 1.14 bits per heavy atom. The molecule has 0 spiro atoms. The largest absolute Gasteiger partial charge is 0.373 e. The molecule has 1 heterocycles. The quantitative estimate of drug-likeness (QED) is 0.620. The monoisotopic (exact) mass is 398 g/mol. The first-order valence-electron chi connectivity index (χ1n) is 8.95. The van der Waals surface area contributed by atoms with E-state index in [4.69, 9.17) is 11.6 Å². The Balaban J connectivity index is 1.57. The van der Waals surface area contributed by atoms with Crippen LogP contribution in [0.1, 0.15) is 5.56 Å². The van der Waals surface area contributed by atoms with Crippen molar-refractivity contribution in [2.45, 2.75) is 6.54 Å². The highest BCUT2D eigenvalue weighted by molar-refractivity contribution is 6.31. The van der Waals surface area contributed by atoms with Crippen molar-refractivity contribution in [3.05, 3.63) is 76.7 Å². The van der Waals surface area contributed by atoms with Gasteiger partial charge in [-0.2, -0.15) is 5.26 Å². The fraction of sp³-hybridized carbons (Fsp3) is 0.238. The second-order valence-electron chi connectivity index (χ2n) is 6.40. The molecule has 1 aliphatic heterocycles. The Morgan fingerprint density at radius 3 is 2.50 bits per heavy atom. The molecule has 1 N–H and O–H groups in total. The number of benzene rings is 2. The molecular weight excluding hydrogens is 379 g/mol. The van der Waals surface area contributed by atoms with Gasteiger partial charge >= 0.3 is 0 Å². The molecule has 0 aromatic heterocycles. The van der Waals surface area contributed by atoms with Gasteiger partial charge in [0.15, 0.2) is 0 Å². The van der Waals surface area contributed by atoms with Gasteiger partial charge in [0.1, 0.15) is 17.5 Å². The number of piperazine rings is 1. The van der Waals surface area contributed by atoms with Gasteiger partial charge in [-0.15, -0.1) is 0 Å². The number of nitrogens with one attached hydrogen (secondary N) is 1. The van der Waals surface area contributed by atoms with E-state index in [1.165, 1.54) is 6.07 Å². The molecule has 0 atom stereocenters. The summed E-state index contributed by atoms with van der Waals surface area (Å²) in [5.41, 5.74) is 1.39. The van der Waals surface area contributed by atoms with E-state index < -0.39 is 5.91 Å². The molecule has 2 aromatic carbocycles. The van der Waals surface area contributed by atoms with Crippen LogP contribution in [0, 0.1) is 17.1 Å². The lowest BCUT2D eigenvalue weighted by atomic mass is 10.2. The molecule has 2 aromatic rings. The third-order valence-corrected chi connectivity index (χ3v) is 4.95. The summed E-state index contributed by atoms with van der Waals surface area (Å²) in [6.45, 7) is 2.65. The standard InChI is InChI=1S/C21H20ClFN4O/c22-18-6-2-1-5-16(18)14-25-21(28)17(13-24)15-26-9-11-27(12-10-26)20-8-4-3-7-19(20)23/h1-8,15H,9-12,14H2,(H,25,28)/b17-15-. The number of amides is 1. The number of nitriles is 1. The molecule has 1 fully saturated rings. The molecule has 144 valence electrons. The molecule has 1 saturated heterocycles. The van der Waals surface area contributed by atoms with Gasteiger partial charge in [0, 0.05) is 43.9 Å². The normalized spacial score (nSPS) is 14.5. The van der Waals surface area contributed by atoms with E-state index in [0.717, 1.165) is 5.56 Å². The Bertz CT molecular complexity index is 917. The molecule has 0 bridgehead atoms. The van der Waals surface area contributed by atoms with Crippen molar-refractivity contribution in [3.8, 4) is 6.07 Å². The third kappa shape index (κ3) is 4.81. The van der Waals surface area contributed by atoms with Gasteiger partial charge in [0.2, 0.25) is 0 Å². The summed E-state index contributed by atoms with van der Waals surface area (Å²) in [5, 5.41) is 12.6. The lowest BCUT2D eigenvalue weighted by Gasteiger charge is -2.35. The van der Waals surface area contributed by atoms with E-state index in [9.17, 15) is 14.4 Å². The van der Waals surface area contributed by atoms with E-state index in [2.05, 4.69) is 5.32 Å². The number of para-hydroxylation sites is 1. The Labute approximate surface area is 168 Å². The SMILES string of the molecule is N#C/C(=C/N1CCN(c2ccccc2F)CC1)C(=O)NCc1ccccc1Cl. The van der Waals surface area contributed by atoms with E-state index in [1.807, 2.05) is 40.1 Å². The number of hydrogen-bond donors (Lipinski definition) is 1. The van der Waals surface area contributed by atoms with Crippen LogP contribution >= 0.6 is 11.6 Å². The number of carbonyl (C=O) groups is 1. The zero-order valence-electron chi connectivity index (χ0n) is 15.2. The molecule has 1 amide bonds. The fourth-order valence-electron chi connectivity index (χ4n) is 3.03. The topological polar surface area (TPSA) is 59.4 Å². The van der Waals surface area contributed by atoms with Crippen LogP contribution in [-0.4, -0.2) is 37.0 Å². The van der Waals surface area contributed by atoms with Gasteiger partial charge in [0.25, 0.3) is 5.91 Å². The highest BCUT2D eigenvalue weighted by Crippen LogP contribution is 2.20. The summed E-state index contributed by atoms with van der Waals surface area (Å²) in [6.07, 6.45) is 1.57. The summed E-state index contributed by atoms with van der Waals surface area (Å²) in [6, 6.07) is 15.8. The predicted octanol–water partition coefficient (Wildman–Crippen LogP) is 3.32. The average Bonchev–Trinajstić information content (AvgIpc) is 2.72. The third-order valence-electron chi connectivity index (χ3n) is 4.58. The summed E-state index contributed by atoms with van der Waals surface area (Å²) in [5.74, 6) is -0.692. The first kappa shape index (κ1) is 19.7. The number of halogens is 2. The van der Waals surface area contributed by atoms with Gasteiger partial charge in [-0.1, -0.05) is 41.9 Å². The number of hydrogen-bond acceptors (Lipinski definition) is 4. The number of rotatable bonds is 5. The van der Waals surface area contributed by atoms with Crippen molar-refractivity contribution in [2.75, 3.05) is 31.1 Å². The van der Waals surface area contributed by atoms with Gasteiger partial charge in [-0.05, 0) is 23.8 Å². The molecule has 3 rings (SSSR count). The first-order chi connectivity index (χ1) is 13.6. The number of carbonyl (C=O) groups excluding carboxylic acids is 1. The van der Waals surface area contributed by atoms with Crippen LogP contribution in [0.5, 0.6) is 0 Å². The highest BCUT2D eigenvalue weighted by atomic mass is 35.5. The molecule has 7 heteroatoms. The molecule has 0 aliphatic carbocycles. The van der Waals surface area contributed by atoms with Crippen LogP contribution in [0.25, 0.3) is 0 Å². The average molecular weight is 399 g/mol. The summed E-state index contributed by atoms with van der Waals surface area (Å²) < 4.78 is 13.9. The Kier molecular flexibility index (Phi) is 6.51. The van der Waals surface area contributed by atoms with Crippen LogP contribution in [0.4, 0.5) is 10.1 Å². The highest BCUT2D eigenvalue weighted by Gasteiger charge is 2.19. The fourth-order valence-corrected chi connectivity index (χ4v) is 3.24. The maximum absolute atomic E-state index is 13.9. The zero-order valence-corrected chi connectivity index (χ0v) is 16.0. The van der Waals surface area contributed by atoms with E-state index in [-0.39, 0.29) is 17.9 Å². The second kappa shape index (κ2) is 9.25. The molecule has 28 heavy (non-hydrogen) atoms. The minimum absolute atomic E-state index is 0.0337. The van der Waals surface area contributed by atoms with Crippen LogP contribution in [-0.2, 0) is 11.3 Å². The first-order valence-corrected chi connectivity index (χ1v) is 9.33. The van der Waals surface area contributed by atoms with Crippen molar-refractivity contribution in [3.63, 3.8) is 0 Å². The summed E-state index contributed by atoms with van der Waals surface area (Å²) >= 11 is 6.08. The van der Waals surface area contributed by atoms with Crippen molar-refractivity contribution < 1.29 is 9.18 Å². The Hall–Kier alpha value is -3.04. The van der Waals surface area contributed by atoms with E-state index >= 15 is 0 Å². The molecule has 5 nitrogen and oxygen atoms in total. The lowest BCUT2D eigenvalue weighted by molar-refractivity contribution is -0.117. The van der Waals surface area contributed by atoms with Gasteiger partial charge < -0.3 is 15.1 Å². The zero-order chi connectivity index (χ0) is 19.9. The second-order valence-corrected chi connectivity index (χ2v) is 6.81. The summed E-state index contributed by atoms with van der Waals surface area (Å²) in [4.78, 5) is 16.2.